The van der Waals surface area contributed by atoms with Gasteiger partial charge in [-0.1, -0.05) is 60.7 Å². The van der Waals surface area contributed by atoms with Crippen LogP contribution in [0.3, 0.4) is 0 Å². The maximum absolute atomic E-state index is 12.8. The second kappa shape index (κ2) is 13.3. The predicted molar refractivity (Wildman–Crippen MR) is 127 cm³/mol. The van der Waals surface area contributed by atoms with E-state index in [0.29, 0.717) is 24.8 Å². The number of hydrogen-bond donors (Lipinski definition) is 0. The van der Waals surface area contributed by atoms with E-state index in [1.807, 2.05) is 60.7 Å². The molecule has 1 amide bonds. The van der Waals surface area contributed by atoms with Crippen LogP contribution in [0, 0.1) is 5.92 Å². The molecule has 5 heteroatoms. The second-order valence-electron chi connectivity index (χ2n) is 8.08. The number of hydrogen-bond acceptors (Lipinski definition) is 4. The molecule has 0 heterocycles. The molecule has 2 rings (SSSR count). The summed E-state index contributed by atoms with van der Waals surface area (Å²) in [6.45, 7) is 0. The Bertz CT molecular complexity index is 918. The van der Waals surface area contributed by atoms with Crippen LogP contribution < -0.4 is 0 Å². The number of esters is 1. The van der Waals surface area contributed by atoms with Crippen LogP contribution in [0.25, 0.3) is 6.08 Å². The summed E-state index contributed by atoms with van der Waals surface area (Å²) < 4.78 is 4.95. The molecule has 1 atom stereocenters. The first kappa shape index (κ1) is 25.1. The molecule has 0 aromatic heterocycles. The van der Waals surface area contributed by atoms with Crippen molar-refractivity contribution >= 4 is 23.7 Å². The summed E-state index contributed by atoms with van der Waals surface area (Å²) in [5.74, 6) is -0.493. The van der Waals surface area contributed by atoms with Crippen LogP contribution in [-0.4, -0.2) is 43.8 Å². The smallest absolute Gasteiger partial charge is 0.309 e. The van der Waals surface area contributed by atoms with Gasteiger partial charge in [0, 0.05) is 32.5 Å². The van der Waals surface area contributed by atoms with Crippen LogP contribution >= 0.6 is 0 Å². The first-order valence-corrected chi connectivity index (χ1v) is 11.0. The van der Waals surface area contributed by atoms with Crippen molar-refractivity contribution in [1.82, 2.24) is 4.90 Å². The number of ketones is 1. The number of carbonyl (C=O) groups is 3. The van der Waals surface area contributed by atoms with Crippen LogP contribution in [0.1, 0.15) is 53.6 Å². The summed E-state index contributed by atoms with van der Waals surface area (Å²) in [6, 6.07) is 17.3. The van der Waals surface area contributed by atoms with Crippen LogP contribution in [0.5, 0.6) is 0 Å². The van der Waals surface area contributed by atoms with Gasteiger partial charge in [-0.3, -0.25) is 14.4 Å². The van der Waals surface area contributed by atoms with Crippen molar-refractivity contribution in [2.24, 2.45) is 5.92 Å². The highest BCUT2D eigenvalue weighted by Gasteiger charge is 2.21. The lowest BCUT2D eigenvalue weighted by Gasteiger charge is -2.14. The second-order valence-corrected chi connectivity index (χ2v) is 8.08. The normalized spacial score (nSPS) is 11.8. The Morgan fingerprint density at radius 3 is 2.44 bits per heavy atom. The summed E-state index contributed by atoms with van der Waals surface area (Å²) >= 11 is 0. The van der Waals surface area contributed by atoms with Crippen molar-refractivity contribution in [3.05, 3.63) is 77.4 Å². The van der Waals surface area contributed by atoms with Gasteiger partial charge in [0.25, 0.3) is 0 Å². The molecule has 0 radical (unpaired) electrons. The minimum atomic E-state index is -0.348. The Labute approximate surface area is 191 Å². The highest BCUT2D eigenvalue weighted by molar-refractivity contribution is 5.96. The number of benzene rings is 2. The SMILES string of the molecule is COC(=O)[C@H](CCC(=O)c1cccc(/C=C\CCCC(=O)N(C)C)c1)Cc1ccccc1. The van der Waals surface area contributed by atoms with Gasteiger partial charge in [-0.2, -0.15) is 0 Å². The summed E-state index contributed by atoms with van der Waals surface area (Å²) in [5, 5.41) is 0. The number of carbonyl (C=O) groups excluding carboxylic acids is 3. The lowest BCUT2D eigenvalue weighted by Crippen LogP contribution is -2.20. The highest BCUT2D eigenvalue weighted by Crippen LogP contribution is 2.19. The van der Waals surface area contributed by atoms with Gasteiger partial charge in [0.05, 0.1) is 13.0 Å². The lowest BCUT2D eigenvalue weighted by atomic mass is 9.92. The Morgan fingerprint density at radius 2 is 1.75 bits per heavy atom. The number of rotatable bonds is 12. The van der Waals surface area contributed by atoms with Gasteiger partial charge in [-0.15, -0.1) is 0 Å². The Balaban J connectivity index is 1.91. The fourth-order valence-corrected chi connectivity index (χ4v) is 3.45. The first-order chi connectivity index (χ1) is 15.4. The maximum Gasteiger partial charge on any atom is 0.309 e. The molecular weight excluding hydrogens is 402 g/mol. The predicted octanol–water partition coefficient (Wildman–Crippen LogP) is 4.95. The van der Waals surface area contributed by atoms with Crippen LogP contribution in [0.2, 0.25) is 0 Å². The number of nitrogens with zero attached hydrogens (tertiary/aromatic N) is 1. The van der Waals surface area contributed by atoms with E-state index >= 15 is 0 Å². The third-order valence-electron chi connectivity index (χ3n) is 5.36. The molecule has 0 N–H and O–H groups in total. The van der Waals surface area contributed by atoms with Gasteiger partial charge in [0.2, 0.25) is 5.91 Å². The third kappa shape index (κ3) is 8.50. The fraction of sp³-hybridized carbons (Fsp3) is 0.370. The first-order valence-electron chi connectivity index (χ1n) is 11.0. The maximum atomic E-state index is 12.8. The van der Waals surface area contributed by atoms with Crippen LogP contribution in [0.15, 0.2) is 60.7 Å². The number of ether oxygens (including phenoxy) is 1. The fourth-order valence-electron chi connectivity index (χ4n) is 3.45. The molecule has 2 aromatic carbocycles. The van der Waals surface area contributed by atoms with E-state index < -0.39 is 0 Å². The molecule has 2 aromatic rings. The minimum absolute atomic E-state index is 0.0128. The molecule has 0 saturated carbocycles. The Hall–Kier alpha value is -3.21. The molecule has 0 spiro atoms. The van der Waals surface area contributed by atoms with Crippen molar-refractivity contribution in [3.63, 3.8) is 0 Å². The number of amides is 1. The van der Waals surface area contributed by atoms with E-state index in [0.717, 1.165) is 24.0 Å². The van der Waals surface area contributed by atoms with Gasteiger partial charge in [-0.25, -0.2) is 0 Å². The average molecular weight is 436 g/mol. The summed E-state index contributed by atoms with van der Waals surface area (Å²) in [5.41, 5.74) is 2.64. The van der Waals surface area contributed by atoms with Gasteiger partial charge in [0.1, 0.15) is 0 Å². The van der Waals surface area contributed by atoms with Gasteiger partial charge in [0.15, 0.2) is 5.78 Å². The van der Waals surface area contributed by atoms with E-state index in [2.05, 4.69) is 0 Å². The zero-order valence-corrected chi connectivity index (χ0v) is 19.3. The van der Waals surface area contributed by atoms with Gasteiger partial charge >= 0.3 is 5.97 Å². The zero-order valence-electron chi connectivity index (χ0n) is 19.3. The molecule has 32 heavy (non-hydrogen) atoms. The van der Waals surface area contributed by atoms with Crippen LogP contribution in [-0.2, 0) is 20.7 Å². The quantitative estimate of drug-likeness (QED) is 0.269. The highest BCUT2D eigenvalue weighted by atomic mass is 16.5. The Kier molecular flexibility index (Phi) is 10.4. The lowest BCUT2D eigenvalue weighted by molar-refractivity contribution is -0.145. The molecule has 5 nitrogen and oxygen atoms in total. The van der Waals surface area contributed by atoms with E-state index in [4.69, 9.17) is 4.74 Å². The van der Waals surface area contributed by atoms with Crippen LogP contribution in [0.4, 0.5) is 0 Å². The largest absolute Gasteiger partial charge is 0.469 e. The topological polar surface area (TPSA) is 63.7 Å². The van der Waals surface area contributed by atoms with Crippen molar-refractivity contribution < 1.29 is 19.1 Å². The molecule has 170 valence electrons. The van der Waals surface area contributed by atoms with E-state index in [-0.39, 0.29) is 30.0 Å². The monoisotopic (exact) mass is 435 g/mol. The summed E-state index contributed by atoms with van der Waals surface area (Å²) in [6.07, 6.45) is 7.41. The van der Waals surface area contributed by atoms with Crippen molar-refractivity contribution in [1.29, 1.82) is 0 Å². The Morgan fingerprint density at radius 1 is 1.00 bits per heavy atom. The van der Waals surface area contributed by atoms with Crippen molar-refractivity contribution in [2.75, 3.05) is 21.2 Å². The van der Waals surface area contributed by atoms with Crippen molar-refractivity contribution in [2.45, 2.75) is 38.5 Å². The molecule has 0 aliphatic heterocycles. The van der Waals surface area contributed by atoms with Gasteiger partial charge < -0.3 is 9.64 Å². The number of methoxy groups -OCH3 is 1. The molecule has 0 bridgehead atoms. The third-order valence-corrected chi connectivity index (χ3v) is 5.36. The molecular formula is C27H33NO4. The molecule has 0 aliphatic carbocycles. The summed E-state index contributed by atoms with van der Waals surface area (Å²) in [4.78, 5) is 38.2. The van der Waals surface area contributed by atoms with E-state index in [1.165, 1.54) is 7.11 Å². The molecule has 0 fully saturated rings. The number of allylic oxidation sites excluding steroid dienone is 1. The van der Waals surface area contributed by atoms with E-state index in [1.54, 1.807) is 25.1 Å². The van der Waals surface area contributed by atoms with Gasteiger partial charge in [-0.05, 0) is 42.9 Å². The standard InChI is InChI=1S/C27H33NO4/c1-28(2)26(30)16-9-5-8-13-22-14-10-15-23(19-22)25(29)18-17-24(27(31)32-3)20-21-11-6-4-7-12-21/h4,6-8,10-15,19,24H,5,9,16-18,20H2,1-3H3/b13-8-/t24-/m1/s1. The minimum Gasteiger partial charge on any atom is -0.469 e. The molecule has 0 saturated heterocycles. The average Bonchev–Trinajstić information content (AvgIpc) is 2.81. The number of unbranched alkanes of at least 4 members (excludes halogenated alkanes) is 1. The summed E-state index contributed by atoms with van der Waals surface area (Å²) in [7, 11) is 4.90. The molecule has 0 unspecified atom stereocenters. The molecule has 0 aliphatic rings. The zero-order chi connectivity index (χ0) is 23.3. The number of Topliss-reactive ketones (excluding diaryl/α,β-unsaturated/α-hetero) is 1. The van der Waals surface area contributed by atoms with E-state index in [9.17, 15) is 14.4 Å². The van der Waals surface area contributed by atoms with Crippen molar-refractivity contribution in [3.8, 4) is 0 Å².